The first-order valence-corrected chi connectivity index (χ1v) is 6.95. The maximum Gasteiger partial charge on any atom is 0.266 e. The molecule has 0 aliphatic rings. The molecule has 0 aromatic carbocycles. The number of nitrogens with one attached hydrogen (secondary N) is 1. The second-order valence-electron chi connectivity index (χ2n) is 3.65. The van der Waals surface area contributed by atoms with E-state index in [1.54, 1.807) is 0 Å². The molecule has 0 atom stereocenters. The molecule has 0 amide bonds. The topological polar surface area (TPSA) is 71.9 Å². The van der Waals surface area contributed by atoms with Gasteiger partial charge in [0.15, 0.2) is 0 Å². The van der Waals surface area contributed by atoms with Crippen molar-refractivity contribution in [1.82, 2.24) is 9.78 Å². The van der Waals surface area contributed by atoms with E-state index in [0.717, 1.165) is 24.8 Å². The molecule has 1 aromatic rings. The van der Waals surface area contributed by atoms with Gasteiger partial charge in [0.05, 0.1) is 12.3 Å². The van der Waals surface area contributed by atoms with Crippen molar-refractivity contribution >= 4 is 9.84 Å². The van der Waals surface area contributed by atoms with Crippen LogP contribution in [0.3, 0.4) is 0 Å². The van der Waals surface area contributed by atoms with Gasteiger partial charge in [-0.2, -0.15) is 0 Å². The van der Waals surface area contributed by atoms with Crippen LogP contribution in [0.4, 0.5) is 0 Å². The van der Waals surface area contributed by atoms with Crippen LogP contribution in [-0.4, -0.2) is 30.2 Å². The first-order valence-electron chi connectivity index (χ1n) is 4.89. The summed E-state index contributed by atoms with van der Waals surface area (Å²) in [5, 5.41) is 2.89. The summed E-state index contributed by atoms with van der Waals surface area (Å²) in [5.74, 6) is -0.0149. The van der Waals surface area contributed by atoms with E-state index in [-0.39, 0.29) is 17.9 Å². The number of rotatable bonds is 5. The fraction of sp³-hybridized carbons (Fsp3) is 0.667. The molecule has 1 rings (SSSR count). The van der Waals surface area contributed by atoms with Crippen LogP contribution in [0.5, 0.6) is 0 Å². The first-order chi connectivity index (χ1) is 6.92. The average molecular weight is 232 g/mol. The highest BCUT2D eigenvalue weighted by molar-refractivity contribution is 7.90. The van der Waals surface area contributed by atoms with Crippen molar-refractivity contribution in [3.63, 3.8) is 0 Å². The quantitative estimate of drug-likeness (QED) is 0.786. The molecular weight excluding hydrogens is 216 g/mol. The van der Waals surface area contributed by atoms with Crippen LogP contribution in [0.1, 0.15) is 19.0 Å². The Kier molecular flexibility index (Phi) is 3.73. The molecule has 1 heterocycles. The average Bonchev–Trinajstić information content (AvgIpc) is 2.42. The molecule has 0 radical (unpaired) electrons. The Morgan fingerprint density at radius 1 is 1.47 bits per heavy atom. The smallest absolute Gasteiger partial charge is 0.266 e. The van der Waals surface area contributed by atoms with Crippen molar-refractivity contribution in [3.05, 3.63) is 22.1 Å². The molecule has 15 heavy (non-hydrogen) atoms. The Hall–Kier alpha value is -1.04. The second-order valence-corrected chi connectivity index (χ2v) is 5.91. The van der Waals surface area contributed by atoms with Gasteiger partial charge in [-0.15, -0.1) is 0 Å². The molecular formula is C9H16N2O3S. The Bertz CT molecular complexity index is 470. The minimum atomic E-state index is -3.02. The minimum absolute atomic E-state index is 0.0149. The number of hydrogen-bond acceptors (Lipinski definition) is 3. The first kappa shape index (κ1) is 12.0. The van der Waals surface area contributed by atoms with E-state index in [0.29, 0.717) is 0 Å². The molecule has 0 saturated carbocycles. The summed E-state index contributed by atoms with van der Waals surface area (Å²) in [6.07, 6.45) is 2.92. The lowest BCUT2D eigenvalue weighted by Crippen LogP contribution is -2.21. The molecule has 0 aliphatic heterocycles. The van der Waals surface area contributed by atoms with Crippen LogP contribution >= 0.6 is 0 Å². The van der Waals surface area contributed by atoms with E-state index in [1.165, 1.54) is 10.7 Å². The van der Waals surface area contributed by atoms with E-state index in [9.17, 15) is 13.2 Å². The SMILES string of the molecule is CCCc1cc(=O)n(CCS(C)(=O)=O)[nH]1. The molecule has 5 nitrogen and oxygen atoms in total. The van der Waals surface area contributed by atoms with Crippen molar-refractivity contribution in [2.75, 3.05) is 12.0 Å². The molecule has 0 spiro atoms. The molecule has 0 bridgehead atoms. The fourth-order valence-electron chi connectivity index (χ4n) is 1.31. The van der Waals surface area contributed by atoms with Gasteiger partial charge >= 0.3 is 0 Å². The predicted molar refractivity (Wildman–Crippen MR) is 58.8 cm³/mol. The van der Waals surface area contributed by atoms with E-state index < -0.39 is 9.84 Å². The lowest BCUT2D eigenvalue weighted by Gasteiger charge is -2.00. The zero-order valence-corrected chi connectivity index (χ0v) is 9.80. The maximum absolute atomic E-state index is 11.4. The van der Waals surface area contributed by atoms with Crippen molar-refractivity contribution in [1.29, 1.82) is 0 Å². The molecule has 1 N–H and O–H groups in total. The van der Waals surface area contributed by atoms with Crippen molar-refractivity contribution in [2.45, 2.75) is 26.3 Å². The number of aryl methyl sites for hydroxylation is 2. The Morgan fingerprint density at radius 3 is 2.67 bits per heavy atom. The normalized spacial score (nSPS) is 11.9. The van der Waals surface area contributed by atoms with Gasteiger partial charge in [-0.3, -0.25) is 14.6 Å². The molecule has 86 valence electrons. The van der Waals surface area contributed by atoms with E-state index in [1.807, 2.05) is 6.92 Å². The van der Waals surface area contributed by atoms with Gasteiger partial charge in [0, 0.05) is 18.0 Å². The zero-order chi connectivity index (χ0) is 11.5. The molecule has 0 fully saturated rings. The number of hydrogen-bond donors (Lipinski definition) is 1. The van der Waals surface area contributed by atoms with Crippen LogP contribution in [0, 0.1) is 0 Å². The standard InChI is InChI=1S/C9H16N2O3S/c1-3-4-8-7-9(12)11(10-8)5-6-15(2,13)14/h7,10H,3-6H2,1-2H3. The van der Waals surface area contributed by atoms with Crippen molar-refractivity contribution in [3.8, 4) is 0 Å². The largest absolute Gasteiger partial charge is 0.300 e. The Labute approximate surface area is 89.0 Å². The predicted octanol–water partition coefficient (Wildman–Crippen LogP) is 0.174. The van der Waals surface area contributed by atoms with Crippen LogP contribution in [0.25, 0.3) is 0 Å². The number of aromatic nitrogens is 2. The zero-order valence-electron chi connectivity index (χ0n) is 8.99. The Balaban J connectivity index is 2.74. The second kappa shape index (κ2) is 4.65. The summed E-state index contributed by atoms with van der Waals surface area (Å²) in [5.41, 5.74) is 0.693. The molecule has 0 saturated heterocycles. The lowest BCUT2D eigenvalue weighted by molar-refractivity contribution is 0.579. The third kappa shape index (κ3) is 3.91. The van der Waals surface area contributed by atoms with Crippen LogP contribution in [0.15, 0.2) is 10.9 Å². The van der Waals surface area contributed by atoms with Crippen LogP contribution in [0.2, 0.25) is 0 Å². The van der Waals surface area contributed by atoms with Crippen molar-refractivity contribution in [2.24, 2.45) is 0 Å². The van der Waals surface area contributed by atoms with Crippen LogP contribution in [-0.2, 0) is 22.8 Å². The van der Waals surface area contributed by atoms with Gasteiger partial charge in [0.2, 0.25) is 0 Å². The van der Waals surface area contributed by atoms with Gasteiger partial charge in [0.25, 0.3) is 5.56 Å². The number of aromatic amines is 1. The fourth-order valence-corrected chi connectivity index (χ4v) is 1.82. The maximum atomic E-state index is 11.4. The summed E-state index contributed by atoms with van der Waals surface area (Å²) < 4.78 is 23.2. The summed E-state index contributed by atoms with van der Waals surface area (Å²) >= 11 is 0. The van der Waals surface area contributed by atoms with Gasteiger partial charge < -0.3 is 0 Å². The highest BCUT2D eigenvalue weighted by Crippen LogP contribution is 1.95. The van der Waals surface area contributed by atoms with Gasteiger partial charge in [-0.05, 0) is 6.42 Å². The summed E-state index contributed by atoms with van der Waals surface area (Å²) in [4.78, 5) is 11.4. The third-order valence-corrected chi connectivity index (χ3v) is 2.97. The van der Waals surface area contributed by atoms with Gasteiger partial charge in [-0.25, -0.2) is 8.42 Å². The van der Waals surface area contributed by atoms with Crippen molar-refractivity contribution < 1.29 is 8.42 Å². The van der Waals surface area contributed by atoms with E-state index in [2.05, 4.69) is 5.10 Å². The summed E-state index contributed by atoms with van der Waals surface area (Å²) in [7, 11) is -3.02. The third-order valence-electron chi connectivity index (χ3n) is 2.05. The number of H-pyrrole nitrogens is 1. The molecule has 1 aromatic heterocycles. The highest BCUT2D eigenvalue weighted by Gasteiger charge is 2.06. The van der Waals surface area contributed by atoms with Gasteiger partial charge in [0.1, 0.15) is 9.84 Å². The molecule has 6 heteroatoms. The van der Waals surface area contributed by atoms with Gasteiger partial charge in [-0.1, -0.05) is 13.3 Å². The molecule has 0 unspecified atom stereocenters. The number of nitrogens with zero attached hydrogens (tertiary/aromatic N) is 1. The minimum Gasteiger partial charge on any atom is -0.300 e. The highest BCUT2D eigenvalue weighted by atomic mass is 32.2. The monoisotopic (exact) mass is 232 g/mol. The van der Waals surface area contributed by atoms with E-state index >= 15 is 0 Å². The Morgan fingerprint density at radius 2 is 2.13 bits per heavy atom. The van der Waals surface area contributed by atoms with Crippen LogP contribution < -0.4 is 5.56 Å². The molecule has 0 aliphatic carbocycles. The van der Waals surface area contributed by atoms with E-state index in [4.69, 9.17) is 0 Å². The summed E-state index contributed by atoms with van der Waals surface area (Å²) in [6.45, 7) is 2.22. The lowest BCUT2D eigenvalue weighted by atomic mass is 10.3. The summed E-state index contributed by atoms with van der Waals surface area (Å²) in [6, 6.07) is 1.52. The number of sulfone groups is 1.